The van der Waals surface area contributed by atoms with E-state index in [0.29, 0.717) is 11.5 Å². The summed E-state index contributed by atoms with van der Waals surface area (Å²) >= 11 is 0. The van der Waals surface area contributed by atoms with Crippen LogP contribution in [0.2, 0.25) is 0 Å². The number of anilines is 1. The third kappa shape index (κ3) is 5.11. The highest BCUT2D eigenvalue weighted by atomic mass is 16.6. The normalized spacial score (nSPS) is 26.9. The Morgan fingerprint density at radius 2 is 1.88 bits per heavy atom. The van der Waals surface area contributed by atoms with Gasteiger partial charge in [-0.2, -0.15) is 4.98 Å². The zero-order chi connectivity index (χ0) is 23.4. The van der Waals surface area contributed by atoms with Crippen molar-refractivity contribution < 1.29 is 30.0 Å². The van der Waals surface area contributed by atoms with Crippen LogP contribution in [0, 0.1) is 5.92 Å². The van der Waals surface area contributed by atoms with E-state index in [2.05, 4.69) is 4.98 Å². The summed E-state index contributed by atoms with van der Waals surface area (Å²) in [4.78, 5) is 16.4. The molecule has 1 aliphatic heterocycles. The van der Waals surface area contributed by atoms with E-state index in [4.69, 9.17) is 9.47 Å². The first-order chi connectivity index (χ1) is 16.0. The number of ether oxygens (including phenoxy) is 2. The van der Waals surface area contributed by atoms with Crippen LogP contribution in [0.5, 0.6) is 0 Å². The van der Waals surface area contributed by atoms with Crippen molar-refractivity contribution in [2.75, 3.05) is 12.1 Å². The maximum Gasteiger partial charge on any atom is 0.351 e. The maximum atomic E-state index is 12.5. The Kier molecular flexibility index (Phi) is 7.74. The lowest BCUT2D eigenvalue weighted by atomic mass is 9.82. The molecule has 2 fully saturated rings. The molecule has 10 heteroatoms. The number of aliphatic hydroxyl groups excluding tert-OH is 3. The minimum Gasteiger partial charge on any atom is -0.394 e. The molecule has 2 heterocycles. The first kappa shape index (κ1) is 23.8. The van der Waals surface area contributed by atoms with Gasteiger partial charge in [0, 0.05) is 11.8 Å². The second-order valence-corrected chi connectivity index (χ2v) is 8.69. The van der Waals surface area contributed by atoms with Gasteiger partial charge in [-0.25, -0.2) is 4.79 Å². The fourth-order valence-electron chi connectivity index (χ4n) is 4.77. The van der Waals surface area contributed by atoms with Crippen molar-refractivity contribution in [2.24, 2.45) is 5.92 Å². The van der Waals surface area contributed by atoms with Gasteiger partial charge in [-0.15, -0.1) is 0 Å². The number of nitrogens with zero attached hydrogens (tertiary/aromatic N) is 2. The van der Waals surface area contributed by atoms with Crippen LogP contribution in [0.4, 0.5) is 5.82 Å². The molecule has 1 aliphatic carbocycles. The van der Waals surface area contributed by atoms with Gasteiger partial charge >= 0.3 is 5.69 Å². The molecule has 33 heavy (non-hydrogen) atoms. The average molecular weight is 462 g/mol. The second kappa shape index (κ2) is 10.7. The van der Waals surface area contributed by atoms with Gasteiger partial charge in [0.1, 0.15) is 18.3 Å². The summed E-state index contributed by atoms with van der Waals surface area (Å²) in [6.45, 7) is -0.468. The molecule has 1 aromatic heterocycles. The van der Waals surface area contributed by atoms with Gasteiger partial charge in [-0.1, -0.05) is 49.6 Å². The lowest BCUT2D eigenvalue weighted by molar-refractivity contribution is -0.0556. The van der Waals surface area contributed by atoms with Gasteiger partial charge in [-0.3, -0.25) is 15.3 Å². The van der Waals surface area contributed by atoms with Crippen LogP contribution >= 0.6 is 0 Å². The fourth-order valence-corrected chi connectivity index (χ4v) is 4.77. The van der Waals surface area contributed by atoms with Crippen molar-refractivity contribution in [1.82, 2.24) is 9.55 Å². The molecule has 1 aromatic carbocycles. The molecule has 2 aliphatic rings. The van der Waals surface area contributed by atoms with Crippen LogP contribution in [0.15, 0.2) is 41.3 Å². The average Bonchev–Trinajstić information content (AvgIpc) is 3.14. The third-order valence-corrected chi connectivity index (χ3v) is 6.55. The summed E-state index contributed by atoms with van der Waals surface area (Å²) in [5, 5.41) is 39.2. The third-order valence-electron chi connectivity index (χ3n) is 6.55. The maximum absolute atomic E-state index is 12.5. The highest BCUT2D eigenvalue weighted by molar-refractivity contribution is 5.39. The van der Waals surface area contributed by atoms with Crippen LogP contribution in [0.25, 0.3) is 0 Å². The highest BCUT2D eigenvalue weighted by Gasteiger charge is 2.44. The van der Waals surface area contributed by atoms with Crippen LogP contribution in [0.1, 0.15) is 55.6 Å². The van der Waals surface area contributed by atoms with Crippen LogP contribution in [-0.2, 0) is 16.1 Å². The van der Waals surface area contributed by atoms with Crippen LogP contribution in [-0.4, -0.2) is 55.0 Å². The smallest absolute Gasteiger partial charge is 0.351 e. The van der Waals surface area contributed by atoms with E-state index >= 15 is 0 Å². The van der Waals surface area contributed by atoms with Gasteiger partial charge in [0.2, 0.25) is 0 Å². The van der Waals surface area contributed by atoms with E-state index < -0.39 is 36.8 Å². The first-order valence-corrected chi connectivity index (χ1v) is 11.3. The van der Waals surface area contributed by atoms with Crippen LogP contribution in [0.3, 0.4) is 0 Å². The molecule has 0 radical (unpaired) electrons. The molecule has 10 nitrogen and oxygen atoms in total. The van der Waals surface area contributed by atoms with E-state index in [1.807, 2.05) is 35.8 Å². The molecule has 4 rings (SSSR count). The molecule has 5 N–H and O–H groups in total. The molecule has 2 aromatic rings. The Balaban J connectivity index is 1.60. The molecule has 1 saturated carbocycles. The summed E-state index contributed by atoms with van der Waals surface area (Å²) in [6, 6.07) is 9.96. The van der Waals surface area contributed by atoms with Crippen molar-refractivity contribution in [2.45, 2.75) is 69.4 Å². The molecular weight excluding hydrogens is 430 g/mol. The zero-order valence-corrected chi connectivity index (χ0v) is 18.3. The summed E-state index contributed by atoms with van der Waals surface area (Å²) in [7, 11) is 0. The molecule has 0 amide bonds. The van der Waals surface area contributed by atoms with Crippen molar-refractivity contribution in [1.29, 1.82) is 0 Å². The van der Waals surface area contributed by atoms with E-state index in [1.165, 1.54) is 12.6 Å². The molecule has 5 atom stereocenters. The first-order valence-electron chi connectivity index (χ1n) is 11.3. The fraction of sp³-hybridized carbons (Fsp3) is 0.565. The van der Waals surface area contributed by atoms with E-state index in [1.54, 1.807) is 0 Å². The Morgan fingerprint density at radius 3 is 2.52 bits per heavy atom. The lowest BCUT2D eigenvalue weighted by Crippen LogP contribution is -2.36. The number of aliphatic hydroxyl groups is 3. The van der Waals surface area contributed by atoms with Crippen molar-refractivity contribution in [3.63, 3.8) is 0 Å². The van der Waals surface area contributed by atoms with E-state index in [9.17, 15) is 25.3 Å². The van der Waals surface area contributed by atoms with Crippen molar-refractivity contribution in [3.8, 4) is 0 Å². The number of rotatable bonds is 8. The summed E-state index contributed by atoms with van der Waals surface area (Å²) in [6.07, 6.45) is 1.83. The quantitative estimate of drug-likeness (QED) is 0.369. The minimum absolute atomic E-state index is 0.0427. The van der Waals surface area contributed by atoms with Crippen molar-refractivity contribution in [3.05, 3.63) is 58.1 Å². The molecule has 1 unspecified atom stereocenters. The Bertz CT molecular complexity index is 964. The molecule has 0 bridgehead atoms. The highest BCUT2D eigenvalue weighted by Crippen LogP contribution is 2.38. The van der Waals surface area contributed by atoms with Gasteiger partial charge in [-0.05, 0) is 24.3 Å². The number of hydrogen-bond acceptors (Lipinski definition) is 9. The zero-order valence-electron chi connectivity index (χ0n) is 18.3. The number of hydrogen-bond donors (Lipinski definition) is 5. The predicted octanol–water partition coefficient (Wildman–Crippen LogP) is 1.49. The second-order valence-electron chi connectivity index (χ2n) is 8.69. The van der Waals surface area contributed by atoms with Gasteiger partial charge in [0.05, 0.1) is 19.3 Å². The molecule has 0 spiro atoms. The molecular formula is C23H31N3O7. The topological polar surface area (TPSA) is 146 Å². The summed E-state index contributed by atoms with van der Waals surface area (Å²) in [5.74, 6) is 0.296. The monoisotopic (exact) mass is 461 g/mol. The van der Waals surface area contributed by atoms with Gasteiger partial charge in [0.15, 0.2) is 12.0 Å². The van der Waals surface area contributed by atoms with Gasteiger partial charge in [0.25, 0.3) is 0 Å². The number of nitrogens with one attached hydrogen (secondary N) is 1. The predicted molar refractivity (Wildman–Crippen MR) is 117 cm³/mol. The number of aromatic nitrogens is 2. The van der Waals surface area contributed by atoms with Gasteiger partial charge < -0.3 is 24.8 Å². The Hall–Kier alpha value is -2.34. The molecule has 1 saturated heterocycles. The lowest BCUT2D eigenvalue weighted by Gasteiger charge is -2.31. The van der Waals surface area contributed by atoms with E-state index in [0.717, 1.165) is 35.8 Å². The summed E-state index contributed by atoms with van der Waals surface area (Å²) in [5.41, 5.74) is 2.59. The van der Waals surface area contributed by atoms with Crippen LogP contribution < -0.4 is 11.2 Å². The minimum atomic E-state index is -1.43. The Morgan fingerprint density at radius 1 is 1.15 bits per heavy atom. The standard InChI is InChI=1S/C23H31N3O7/c27-12-17-18(28)19(29)22(33-17)26-11-16(21(25-31)24-23(26)30)13-32-20(14-7-3-1-4-8-14)15-9-5-2-6-10-15/h1,3-4,7-8,11,15,17-20,22,27-29,31H,2,5-6,9-10,12-13H2,(H,24,25,30)/t17-,18-,19-,20?,22-/m1/s1. The summed E-state index contributed by atoms with van der Waals surface area (Å²) < 4.78 is 12.9. The largest absolute Gasteiger partial charge is 0.394 e. The van der Waals surface area contributed by atoms with Crippen molar-refractivity contribution >= 4 is 5.82 Å². The Labute approximate surface area is 191 Å². The number of benzene rings is 1. The molecule has 180 valence electrons. The SMILES string of the molecule is O=c1nc(NO)c(COC(c2ccccc2)C2CCCCC2)cn1[C@@H]1O[C@H](CO)[C@@H](O)[C@H]1O. The van der Waals surface area contributed by atoms with E-state index in [-0.39, 0.29) is 18.5 Å².